The summed E-state index contributed by atoms with van der Waals surface area (Å²) in [6.07, 6.45) is 11.3. The van der Waals surface area contributed by atoms with Gasteiger partial charge in [-0.3, -0.25) is 38.9 Å². The Morgan fingerprint density at radius 1 is 1.00 bits per heavy atom. The molecule has 2 aromatic heterocycles. The van der Waals surface area contributed by atoms with Crippen molar-refractivity contribution in [2.24, 2.45) is 0 Å². The normalized spacial score (nSPS) is 17.6. The highest BCUT2D eigenvalue weighted by Crippen LogP contribution is 2.38. The molecular formula is C42H45Cl2FN8O6. The van der Waals surface area contributed by atoms with Gasteiger partial charge in [-0.1, -0.05) is 48.5 Å². The Labute approximate surface area is 350 Å². The van der Waals surface area contributed by atoms with Gasteiger partial charge in [-0.15, -0.1) is 0 Å². The fraction of sp³-hybridized carbons (Fsp3) is 0.405. The van der Waals surface area contributed by atoms with Crippen LogP contribution in [0.4, 0.5) is 15.9 Å². The summed E-state index contributed by atoms with van der Waals surface area (Å²) in [4.78, 5) is 70.6. The summed E-state index contributed by atoms with van der Waals surface area (Å²) in [5.41, 5.74) is 9.04. The van der Waals surface area contributed by atoms with E-state index in [4.69, 9.17) is 33.7 Å². The number of anilines is 2. The molecule has 2 atom stereocenters. The van der Waals surface area contributed by atoms with Gasteiger partial charge in [-0.25, -0.2) is 9.37 Å². The Bertz CT molecular complexity index is 2280. The van der Waals surface area contributed by atoms with Crippen LogP contribution in [0.5, 0.6) is 5.75 Å². The summed E-state index contributed by atoms with van der Waals surface area (Å²) in [5, 5.41) is 10.3. The lowest BCUT2D eigenvalue weighted by molar-refractivity contribution is -0.136. The van der Waals surface area contributed by atoms with Crippen molar-refractivity contribution in [1.29, 1.82) is 0 Å². The first-order chi connectivity index (χ1) is 28.4. The van der Waals surface area contributed by atoms with Crippen LogP contribution in [0, 0.1) is 5.82 Å². The van der Waals surface area contributed by atoms with Crippen LogP contribution in [-0.4, -0.2) is 79.8 Å². The molecule has 17 heteroatoms. The molecular weight excluding hydrogens is 802 g/mol. The monoisotopic (exact) mass is 846 g/mol. The number of pyridine rings is 1. The standard InChI is InChI=1S/C42H45Cl2FN8O6/c1-24(36-29(43)11-12-30(45)38(36)44)59-33-20-25(21-48-39(33)46)26-22-49-52(23-26)27-15-18-51(19-16-27)35(55)10-5-3-2-4-6-17-47-31-9-7-8-28-37(31)42(58)53(41(28)57)32-13-14-34(54)50-40(32)56/h7-9,11-12,20-24,27,32,47H,2-6,10,13-19H2,1H3,(H2,46,48)(H,50,54,56). The third kappa shape index (κ3) is 9.05. The van der Waals surface area contributed by atoms with Gasteiger partial charge in [0, 0.05) is 72.3 Å². The van der Waals surface area contributed by atoms with Crippen LogP contribution in [0.25, 0.3) is 11.1 Å². The number of halogens is 3. The summed E-state index contributed by atoms with van der Waals surface area (Å²) in [6.45, 7) is 3.60. The number of benzene rings is 2. The summed E-state index contributed by atoms with van der Waals surface area (Å²) in [7, 11) is 0. The number of amides is 5. The van der Waals surface area contributed by atoms with Gasteiger partial charge in [0.15, 0.2) is 11.6 Å². The number of likely N-dealkylation sites (tertiary alicyclic amines) is 1. The highest BCUT2D eigenvalue weighted by atomic mass is 35.5. The second-order valence-corrected chi connectivity index (χ2v) is 15.9. The molecule has 5 heterocycles. The van der Waals surface area contributed by atoms with E-state index < -0.39 is 41.6 Å². The molecule has 2 fully saturated rings. The van der Waals surface area contributed by atoms with E-state index in [1.807, 2.05) is 15.8 Å². The van der Waals surface area contributed by atoms with Gasteiger partial charge in [0.05, 0.1) is 28.4 Å². The van der Waals surface area contributed by atoms with Crippen LogP contribution >= 0.6 is 23.2 Å². The number of nitrogens with zero attached hydrogens (tertiary/aromatic N) is 5. The van der Waals surface area contributed by atoms with Crippen molar-refractivity contribution in [1.82, 2.24) is 29.9 Å². The predicted molar refractivity (Wildman–Crippen MR) is 219 cm³/mol. The molecule has 0 spiro atoms. The molecule has 4 N–H and O–H groups in total. The number of imide groups is 2. The first-order valence-corrected chi connectivity index (χ1v) is 20.6. The summed E-state index contributed by atoms with van der Waals surface area (Å²) in [5.74, 6) is -2.09. The number of ether oxygens (including phenoxy) is 1. The number of nitrogen functional groups attached to an aromatic ring is 1. The highest BCUT2D eigenvalue weighted by Gasteiger charge is 2.45. The number of hydrogen-bond acceptors (Lipinski definition) is 10. The molecule has 0 radical (unpaired) electrons. The van der Waals surface area contributed by atoms with Gasteiger partial charge < -0.3 is 20.7 Å². The molecule has 0 saturated carbocycles. The Balaban J connectivity index is 0.811. The van der Waals surface area contributed by atoms with E-state index in [1.165, 1.54) is 12.1 Å². The molecule has 0 aliphatic carbocycles. The summed E-state index contributed by atoms with van der Waals surface area (Å²) in [6, 6.07) is 8.54. The molecule has 3 aliphatic rings. The molecule has 2 unspecified atom stereocenters. The number of rotatable bonds is 15. The van der Waals surface area contributed by atoms with Crippen LogP contribution in [0.1, 0.15) is 110 Å². The zero-order valence-electron chi connectivity index (χ0n) is 32.5. The van der Waals surface area contributed by atoms with Crippen molar-refractivity contribution in [3.8, 4) is 16.9 Å². The minimum Gasteiger partial charge on any atom is -0.482 e. The second kappa shape index (κ2) is 18.2. The molecule has 59 heavy (non-hydrogen) atoms. The number of piperidine rings is 2. The quantitative estimate of drug-likeness (QED) is 0.0633. The van der Waals surface area contributed by atoms with Crippen LogP contribution in [0.15, 0.2) is 55.0 Å². The highest BCUT2D eigenvalue weighted by molar-refractivity contribution is 6.36. The molecule has 2 saturated heterocycles. The molecule has 7 rings (SSSR count). The Morgan fingerprint density at radius 2 is 1.76 bits per heavy atom. The number of hydrogen-bond donors (Lipinski definition) is 3. The predicted octanol–water partition coefficient (Wildman–Crippen LogP) is 7.13. The Morgan fingerprint density at radius 3 is 2.54 bits per heavy atom. The van der Waals surface area contributed by atoms with Crippen molar-refractivity contribution in [2.45, 2.75) is 89.3 Å². The van der Waals surface area contributed by atoms with Crippen molar-refractivity contribution in [2.75, 3.05) is 30.7 Å². The zero-order valence-corrected chi connectivity index (χ0v) is 34.0. The maximum absolute atomic E-state index is 14.1. The fourth-order valence-electron chi connectivity index (χ4n) is 7.91. The van der Waals surface area contributed by atoms with E-state index >= 15 is 0 Å². The summed E-state index contributed by atoms with van der Waals surface area (Å²) >= 11 is 12.5. The van der Waals surface area contributed by atoms with Crippen LogP contribution in [0.3, 0.4) is 0 Å². The van der Waals surface area contributed by atoms with Crippen molar-refractivity contribution in [3.63, 3.8) is 0 Å². The minimum atomic E-state index is -1.01. The minimum absolute atomic E-state index is 0.0680. The van der Waals surface area contributed by atoms with Gasteiger partial charge in [-0.2, -0.15) is 5.10 Å². The maximum Gasteiger partial charge on any atom is 0.264 e. The van der Waals surface area contributed by atoms with Gasteiger partial charge in [0.25, 0.3) is 11.8 Å². The Hall–Kier alpha value is -5.54. The lowest BCUT2D eigenvalue weighted by atomic mass is 10.0. The molecule has 4 aromatic rings. The van der Waals surface area contributed by atoms with E-state index in [1.54, 1.807) is 43.6 Å². The number of carbonyl (C=O) groups excluding carboxylic acids is 5. The van der Waals surface area contributed by atoms with Crippen LogP contribution in [0.2, 0.25) is 10.0 Å². The van der Waals surface area contributed by atoms with Gasteiger partial charge in [0.2, 0.25) is 17.7 Å². The number of carbonyl (C=O) groups is 5. The maximum atomic E-state index is 14.1. The largest absolute Gasteiger partial charge is 0.482 e. The van der Waals surface area contributed by atoms with E-state index in [2.05, 4.69) is 20.7 Å². The molecule has 5 amide bonds. The average molecular weight is 848 g/mol. The van der Waals surface area contributed by atoms with Crippen molar-refractivity contribution < 1.29 is 33.1 Å². The third-order valence-electron chi connectivity index (χ3n) is 11.1. The summed E-state index contributed by atoms with van der Waals surface area (Å²) < 4.78 is 22.1. The van der Waals surface area contributed by atoms with E-state index in [0.29, 0.717) is 43.1 Å². The molecule has 2 aromatic carbocycles. The van der Waals surface area contributed by atoms with Gasteiger partial charge in [-0.05, 0) is 69.4 Å². The van der Waals surface area contributed by atoms with Gasteiger partial charge in [0.1, 0.15) is 18.0 Å². The smallest absolute Gasteiger partial charge is 0.264 e. The number of unbranched alkanes of at least 4 members (excludes halogenated alkanes) is 4. The Kier molecular flexibility index (Phi) is 12.8. The van der Waals surface area contributed by atoms with Crippen molar-refractivity contribution >= 4 is 64.2 Å². The zero-order chi connectivity index (χ0) is 41.8. The van der Waals surface area contributed by atoms with Crippen LogP contribution in [-0.2, 0) is 14.4 Å². The van der Waals surface area contributed by atoms with Gasteiger partial charge >= 0.3 is 0 Å². The molecule has 14 nitrogen and oxygen atoms in total. The first kappa shape index (κ1) is 41.6. The van der Waals surface area contributed by atoms with E-state index in [0.717, 1.165) is 61.0 Å². The lowest BCUT2D eigenvalue weighted by Gasteiger charge is -2.32. The third-order valence-corrected chi connectivity index (χ3v) is 11.9. The first-order valence-electron chi connectivity index (χ1n) is 19.9. The van der Waals surface area contributed by atoms with E-state index in [-0.39, 0.29) is 51.8 Å². The van der Waals surface area contributed by atoms with Crippen molar-refractivity contribution in [3.05, 3.63) is 87.5 Å². The van der Waals surface area contributed by atoms with Crippen LogP contribution < -0.4 is 21.1 Å². The molecule has 0 bridgehead atoms. The second-order valence-electron chi connectivity index (χ2n) is 15.1. The van der Waals surface area contributed by atoms with E-state index in [9.17, 15) is 28.4 Å². The average Bonchev–Trinajstić information content (AvgIpc) is 3.81. The number of nitrogens with two attached hydrogens (primary N) is 1. The molecule has 3 aliphatic heterocycles. The SMILES string of the molecule is CC(Oc1cc(-c2cnn(C3CCN(C(=O)CCCCCCCNc4cccc5c4C(=O)N(C4CCC(=O)NC4=O)C5=O)CC3)c2)cnc1N)c1c(Cl)ccc(F)c1Cl. The lowest BCUT2D eigenvalue weighted by Crippen LogP contribution is -2.54. The number of aromatic nitrogens is 3. The fourth-order valence-corrected chi connectivity index (χ4v) is 8.59. The number of fused-ring (bicyclic) bond motifs is 1. The topological polar surface area (TPSA) is 182 Å². The number of nitrogens with one attached hydrogen (secondary N) is 2. The molecule has 310 valence electrons.